The average molecular weight is 567 g/mol. The molecule has 41 heavy (non-hydrogen) atoms. The van der Waals surface area contributed by atoms with Crippen molar-refractivity contribution in [3.8, 4) is 0 Å². The fourth-order valence-corrected chi connectivity index (χ4v) is 9.87. The van der Waals surface area contributed by atoms with Crippen LogP contribution in [0.5, 0.6) is 0 Å². The van der Waals surface area contributed by atoms with Gasteiger partial charge >= 0.3 is 6.16 Å². The van der Waals surface area contributed by atoms with Crippen molar-refractivity contribution in [3.63, 3.8) is 0 Å². The van der Waals surface area contributed by atoms with E-state index in [1.165, 1.54) is 62.5 Å². The lowest BCUT2D eigenvalue weighted by Crippen LogP contribution is -2.51. The van der Waals surface area contributed by atoms with Crippen molar-refractivity contribution in [2.75, 3.05) is 6.61 Å². The summed E-state index contributed by atoms with van der Waals surface area (Å²) in [5, 5.41) is 0. The summed E-state index contributed by atoms with van der Waals surface area (Å²) in [6, 6.07) is 0. The highest BCUT2D eigenvalue weighted by Crippen LogP contribution is 2.67. The first-order valence-electron chi connectivity index (χ1n) is 17.3. The maximum absolute atomic E-state index is 12.5. The molecule has 4 aliphatic carbocycles. The van der Waals surface area contributed by atoms with E-state index < -0.39 is 6.16 Å². The van der Waals surface area contributed by atoms with Crippen LogP contribution in [0.1, 0.15) is 139 Å². The summed E-state index contributed by atoms with van der Waals surface area (Å²) in [4.78, 5) is 12.5. The van der Waals surface area contributed by atoms with Crippen molar-refractivity contribution in [3.05, 3.63) is 34.9 Å². The Morgan fingerprint density at radius 1 is 1.00 bits per heavy atom. The van der Waals surface area contributed by atoms with Gasteiger partial charge in [0.25, 0.3) is 0 Å². The molecule has 0 radical (unpaired) electrons. The van der Waals surface area contributed by atoms with E-state index in [0.717, 1.165) is 67.6 Å². The molecule has 0 heterocycles. The van der Waals surface area contributed by atoms with Gasteiger partial charge in [0.05, 0.1) is 0 Å². The zero-order valence-electron chi connectivity index (χ0n) is 27.9. The van der Waals surface area contributed by atoms with Crippen LogP contribution in [0.25, 0.3) is 0 Å². The van der Waals surface area contributed by atoms with Gasteiger partial charge < -0.3 is 9.47 Å². The predicted molar refractivity (Wildman–Crippen MR) is 172 cm³/mol. The number of fused-ring (bicyclic) bond motifs is 5. The van der Waals surface area contributed by atoms with Gasteiger partial charge in [0.15, 0.2) is 0 Å². The summed E-state index contributed by atoms with van der Waals surface area (Å²) in [5.41, 5.74) is 4.97. The first-order valence-corrected chi connectivity index (χ1v) is 17.3. The minimum absolute atomic E-state index is 0.0440. The zero-order chi connectivity index (χ0) is 29.8. The van der Waals surface area contributed by atoms with E-state index >= 15 is 0 Å². The van der Waals surface area contributed by atoms with Crippen molar-refractivity contribution in [1.29, 1.82) is 0 Å². The van der Waals surface area contributed by atoms with Crippen LogP contribution in [-0.2, 0) is 9.47 Å². The van der Waals surface area contributed by atoms with E-state index in [1.54, 1.807) is 5.57 Å². The summed E-state index contributed by atoms with van der Waals surface area (Å²) < 4.78 is 11.3. The number of carbonyl (C=O) groups is 1. The highest BCUT2D eigenvalue weighted by molar-refractivity contribution is 5.60. The number of ether oxygens (including phenoxy) is 2. The summed E-state index contributed by atoms with van der Waals surface area (Å²) in [5.74, 6) is 5.11. The second-order valence-electron chi connectivity index (χ2n) is 15.7. The van der Waals surface area contributed by atoms with Gasteiger partial charge in [0, 0.05) is 6.42 Å². The van der Waals surface area contributed by atoms with Gasteiger partial charge in [-0.25, -0.2) is 4.79 Å². The van der Waals surface area contributed by atoms with Gasteiger partial charge in [-0.2, -0.15) is 0 Å². The van der Waals surface area contributed by atoms with Crippen molar-refractivity contribution >= 4 is 6.16 Å². The molecule has 0 saturated heterocycles. The predicted octanol–water partition coefficient (Wildman–Crippen LogP) is 11.2. The number of hydrogen-bond acceptors (Lipinski definition) is 3. The van der Waals surface area contributed by atoms with Gasteiger partial charge in [0.1, 0.15) is 12.7 Å². The standard InChI is InChI=1S/C38H62O3/c1-26(2)11-9-13-28(5)21-24-40-36(39)41-31-19-22-37(7)30(25-31)15-16-32-34-18-17-33(29(6)14-10-12-27(3)4)38(34,8)23-20-35(32)37/h11,15,21,27,29,31-35H,9-10,12-14,16-20,22-25H2,1-8H3/b28-21+/t29-,31+,32+,33-,34+,35+,37+,38-/m1/s1. The summed E-state index contributed by atoms with van der Waals surface area (Å²) >= 11 is 0. The topological polar surface area (TPSA) is 35.5 Å². The van der Waals surface area contributed by atoms with Gasteiger partial charge in [-0.3, -0.25) is 0 Å². The van der Waals surface area contributed by atoms with Crippen LogP contribution in [0.3, 0.4) is 0 Å². The molecular weight excluding hydrogens is 504 g/mol. The lowest BCUT2D eigenvalue weighted by atomic mass is 9.47. The fraction of sp³-hybridized carbons (Fsp3) is 0.816. The highest BCUT2D eigenvalue weighted by atomic mass is 16.7. The van der Waals surface area contributed by atoms with Gasteiger partial charge in [-0.05, 0) is 131 Å². The minimum Gasteiger partial charge on any atom is -0.431 e. The molecule has 0 amide bonds. The lowest BCUT2D eigenvalue weighted by molar-refractivity contribution is -0.0613. The fourth-order valence-electron chi connectivity index (χ4n) is 9.87. The van der Waals surface area contributed by atoms with Crippen LogP contribution in [0, 0.1) is 46.3 Å². The molecule has 0 spiro atoms. The lowest BCUT2D eigenvalue weighted by Gasteiger charge is -2.58. The van der Waals surface area contributed by atoms with E-state index in [4.69, 9.17) is 9.47 Å². The Kier molecular flexibility index (Phi) is 10.9. The third-order valence-electron chi connectivity index (χ3n) is 12.2. The van der Waals surface area contributed by atoms with Crippen molar-refractivity contribution < 1.29 is 14.3 Å². The first-order chi connectivity index (χ1) is 19.4. The third kappa shape index (κ3) is 7.53. The number of carbonyl (C=O) groups excluding carboxylic acids is 1. The maximum Gasteiger partial charge on any atom is 0.508 e. The first kappa shape index (κ1) is 32.4. The second-order valence-corrected chi connectivity index (χ2v) is 15.7. The van der Waals surface area contributed by atoms with E-state index in [9.17, 15) is 4.79 Å². The monoisotopic (exact) mass is 566 g/mol. The highest BCUT2D eigenvalue weighted by Gasteiger charge is 2.59. The molecule has 0 aromatic carbocycles. The number of hydrogen-bond donors (Lipinski definition) is 0. The molecule has 0 aromatic rings. The smallest absolute Gasteiger partial charge is 0.431 e. The third-order valence-corrected chi connectivity index (χ3v) is 12.2. The minimum atomic E-state index is -0.505. The molecule has 3 saturated carbocycles. The Balaban J connectivity index is 1.30. The van der Waals surface area contributed by atoms with Gasteiger partial charge in [0.2, 0.25) is 0 Å². The van der Waals surface area contributed by atoms with E-state index in [0.29, 0.717) is 12.0 Å². The molecule has 3 heteroatoms. The largest absolute Gasteiger partial charge is 0.508 e. The Labute approximate surface area is 253 Å². The maximum atomic E-state index is 12.5. The summed E-state index contributed by atoms with van der Waals surface area (Å²) in [7, 11) is 0. The summed E-state index contributed by atoms with van der Waals surface area (Å²) in [6.07, 6.45) is 22.4. The molecule has 3 fully saturated rings. The molecule has 0 aliphatic heterocycles. The molecule has 3 nitrogen and oxygen atoms in total. The second kappa shape index (κ2) is 13.9. The van der Waals surface area contributed by atoms with Crippen molar-refractivity contribution in [2.24, 2.45) is 46.3 Å². The zero-order valence-corrected chi connectivity index (χ0v) is 27.9. The van der Waals surface area contributed by atoms with Crippen LogP contribution < -0.4 is 0 Å². The van der Waals surface area contributed by atoms with Crippen LogP contribution >= 0.6 is 0 Å². The molecule has 0 aromatic heterocycles. The SMILES string of the molecule is CC(C)=CCC/C(C)=C/COC(=O)O[C@H]1CC[C@@]2(C)C(=CC[C@H]3[C@@H]4CC[C@H]([C@H](C)CCCC(C)C)[C@@]4(C)CC[C@@H]32)C1. The quantitative estimate of drug-likeness (QED) is 0.184. The van der Waals surface area contributed by atoms with E-state index in [-0.39, 0.29) is 11.5 Å². The van der Waals surface area contributed by atoms with Crippen molar-refractivity contribution in [2.45, 2.75) is 145 Å². The molecule has 4 aliphatic rings. The molecule has 4 rings (SSSR count). The molecule has 0 N–H and O–H groups in total. The van der Waals surface area contributed by atoms with Crippen LogP contribution in [0.2, 0.25) is 0 Å². The van der Waals surface area contributed by atoms with Gasteiger partial charge in [-0.15, -0.1) is 0 Å². The van der Waals surface area contributed by atoms with E-state index in [2.05, 4.69) is 67.5 Å². The molecule has 232 valence electrons. The van der Waals surface area contributed by atoms with Crippen LogP contribution in [-0.4, -0.2) is 18.9 Å². The van der Waals surface area contributed by atoms with Gasteiger partial charge in [-0.1, -0.05) is 82.8 Å². The Morgan fingerprint density at radius 3 is 2.51 bits per heavy atom. The molecule has 0 unspecified atom stereocenters. The average Bonchev–Trinajstić information content (AvgIpc) is 3.25. The Morgan fingerprint density at radius 2 is 1.78 bits per heavy atom. The van der Waals surface area contributed by atoms with Crippen LogP contribution in [0.4, 0.5) is 4.79 Å². The number of rotatable bonds is 11. The Hall–Kier alpha value is -1.51. The summed E-state index contributed by atoms with van der Waals surface area (Å²) in [6.45, 7) is 19.2. The molecule has 8 atom stereocenters. The van der Waals surface area contributed by atoms with Crippen LogP contribution in [0.15, 0.2) is 34.9 Å². The molecule has 0 bridgehead atoms. The normalized spacial score (nSPS) is 35.6. The number of allylic oxidation sites excluding steroid dienone is 4. The Bertz CT molecular complexity index is 983. The molecular formula is C38H62O3. The van der Waals surface area contributed by atoms with E-state index in [1.807, 2.05) is 6.08 Å². The van der Waals surface area contributed by atoms with Crippen molar-refractivity contribution in [1.82, 2.24) is 0 Å².